The van der Waals surface area contributed by atoms with Crippen molar-refractivity contribution in [1.82, 2.24) is 0 Å². The summed E-state index contributed by atoms with van der Waals surface area (Å²) >= 11 is 0. The molecule has 0 saturated heterocycles. The van der Waals surface area contributed by atoms with E-state index in [0.29, 0.717) is 0 Å². The molecule has 164 valence electrons. The molecule has 0 N–H and O–H groups in total. The Morgan fingerprint density at radius 1 is 0.897 bits per heavy atom. The zero-order chi connectivity index (χ0) is 21.1. The molecule has 2 aliphatic carbocycles. The lowest BCUT2D eigenvalue weighted by Gasteiger charge is -2.41. The topological polar surface area (TPSA) is 34.1 Å². The van der Waals surface area contributed by atoms with Crippen LogP contribution in [0.5, 0.6) is 0 Å². The molecular weight excluding hydrogens is 376 g/mol. The van der Waals surface area contributed by atoms with Crippen molar-refractivity contribution < 1.29 is 8.42 Å². The van der Waals surface area contributed by atoms with Crippen LogP contribution in [0.1, 0.15) is 96.6 Å². The van der Waals surface area contributed by atoms with Crippen molar-refractivity contribution in [3.63, 3.8) is 0 Å². The second kappa shape index (κ2) is 9.54. The predicted octanol–water partition coefficient (Wildman–Crippen LogP) is 6.97. The van der Waals surface area contributed by atoms with Gasteiger partial charge in [0.25, 0.3) is 0 Å². The first-order chi connectivity index (χ1) is 13.7. The highest BCUT2D eigenvalue weighted by Gasteiger charge is 2.34. The fourth-order valence-corrected chi connectivity index (χ4v) is 6.64. The zero-order valence-electron chi connectivity index (χ0n) is 19.1. The molecule has 0 spiro atoms. The lowest BCUT2D eigenvalue weighted by atomic mass is 9.64. The van der Waals surface area contributed by atoms with Crippen molar-refractivity contribution in [2.24, 2.45) is 23.7 Å². The van der Waals surface area contributed by atoms with E-state index >= 15 is 0 Å². The maximum Gasteiger partial charge on any atom is 0.159 e. The number of benzene rings is 1. The molecule has 2 nitrogen and oxygen atoms in total. The van der Waals surface area contributed by atoms with Gasteiger partial charge >= 0.3 is 0 Å². The number of sulfone groups is 1. The van der Waals surface area contributed by atoms with Crippen LogP contribution >= 0.6 is 0 Å². The standard InChI is InChI=1S/C26H42O2S/c1-20-10-16-24(25(18-20)23-8-6-5-7-9-23)17-15-21-11-13-22(14-12-21)19-29(27,28)26(2,3)4/h11-14,20,23-25H,5-10,15-19H2,1-4H3. The van der Waals surface area contributed by atoms with Crippen LogP contribution in [0, 0.1) is 23.7 Å². The summed E-state index contributed by atoms with van der Waals surface area (Å²) in [5.74, 6) is 3.84. The molecule has 1 aromatic rings. The van der Waals surface area contributed by atoms with E-state index in [4.69, 9.17) is 0 Å². The first kappa shape index (κ1) is 22.8. The molecule has 1 aromatic carbocycles. The highest BCUT2D eigenvalue weighted by atomic mass is 32.2. The van der Waals surface area contributed by atoms with Crippen molar-refractivity contribution in [2.75, 3.05) is 0 Å². The van der Waals surface area contributed by atoms with E-state index in [1.165, 1.54) is 63.4 Å². The van der Waals surface area contributed by atoms with Gasteiger partial charge in [-0.3, -0.25) is 0 Å². The lowest BCUT2D eigenvalue weighted by molar-refractivity contribution is 0.0960. The normalized spacial score (nSPS) is 27.1. The second-order valence-electron chi connectivity index (χ2n) is 11.0. The van der Waals surface area contributed by atoms with Crippen LogP contribution in [0.25, 0.3) is 0 Å². The molecule has 3 unspecified atom stereocenters. The van der Waals surface area contributed by atoms with Gasteiger partial charge in [0.05, 0.1) is 10.5 Å². The summed E-state index contributed by atoms with van der Waals surface area (Å²) in [4.78, 5) is 0. The first-order valence-corrected chi connectivity index (χ1v) is 13.6. The molecule has 0 aromatic heterocycles. The average Bonchev–Trinajstić information content (AvgIpc) is 2.67. The van der Waals surface area contributed by atoms with E-state index in [2.05, 4.69) is 19.1 Å². The first-order valence-electron chi connectivity index (χ1n) is 12.0. The molecule has 3 heteroatoms. The van der Waals surface area contributed by atoms with Crippen LogP contribution in [0.15, 0.2) is 24.3 Å². The Balaban J connectivity index is 1.58. The summed E-state index contributed by atoms with van der Waals surface area (Å²) in [6, 6.07) is 8.38. The van der Waals surface area contributed by atoms with Crippen LogP contribution in [0.4, 0.5) is 0 Å². The van der Waals surface area contributed by atoms with Crippen LogP contribution in [0.3, 0.4) is 0 Å². The summed E-state index contributed by atoms with van der Waals surface area (Å²) in [6.45, 7) is 7.80. The molecule has 3 atom stereocenters. The average molecular weight is 419 g/mol. The second-order valence-corrected chi connectivity index (χ2v) is 13.7. The quantitative estimate of drug-likeness (QED) is 0.500. The Hall–Kier alpha value is -0.830. The minimum atomic E-state index is -3.12. The molecule has 0 radical (unpaired) electrons. The summed E-state index contributed by atoms with van der Waals surface area (Å²) in [6.07, 6.45) is 13.9. The Morgan fingerprint density at radius 3 is 2.14 bits per heavy atom. The van der Waals surface area contributed by atoms with Gasteiger partial charge in [0, 0.05) is 0 Å². The highest BCUT2D eigenvalue weighted by molar-refractivity contribution is 7.91. The van der Waals surface area contributed by atoms with Crippen molar-refractivity contribution >= 4 is 9.84 Å². The van der Waals surface area contributed by atoms with Crippen molar-refractivity contribution in [3.05, 3.63) is 35.4 Å². The van der Waals surface area contributed by atoms with Crippen molar-refractivity contribution in [2.45, 2.75) is 102 Å². The lowest BCUT2D eigenvalue weighted by Crippen LogP contribution is -2.31. The van der Waals surface area contributed by atoms with E-state index in [-0.39, 0.29) is 5.75 Å². The molecule has 0 amide bonds. The number of rotatable bonds is 6. The van der Waals surface area contributed by atoms with Crippen molar-refractivity contribution in [1.29, 1.82) is 0 Å². The third-order valence-corrected chi connectivity index (χ3v) is 10.3. The van der Waals surface area contributed by atoms with Gasteiger partial charge in [0.15, 0.2) is 9.84 Å². The summed E-state index contributed by atoms with van der Waals surface area (Å²) in [5.41, 5.74) is 2.28. The molecule has 0 aliphatic heterocycles. The zero-order valence-corrected chi connectivity index (χ0v) is 19.9. The van der Waals surface area contributed by atoms with E-state index in [0.717, 1.165) is 35.7 Å². The fourth-order valence-electron chi connectivity index (χ4n) is 5.58. The Kier molecular flexibility index (Phi) is 7.51. The summed E-state index contributed by atoms with van der Waals surface area (Å²) in [5, 5.41) is 0. The monoisotopic (exact) mass is 418 g/mol. The highest BCUT2D eigenvalue weighted by Crippen LogP contribution is 2.45. The Labute approximate surface area is 179 Å². The third-order valence-electron chi connectivity index (χ3n) is 7.68. The summed E-state index contributed by atoms with van der Waals surface area (Å²) < 4.78 is 24.2. The van der Waals surface area contributed by atoms with Gasteiger partial charge < -0.3 is 0 Å². The van der Waals surface area contributed by atoms with E-state index < -0.39 is 14.6 Å². The molecule has 2 aliphatic rings. The minimum absolute atomic E-state index is 0.140. The largest absolute Gasteiger partial charge is 0.228 e. The minimum Gasteiger partial charge on any atom is -0.228 e. The molecule has 29 heavy (non-hydrogen) atoms. The molecule has 0 heterocycles. The number of hydrogen-bond donors (Lipinski definition) is 0. The predicted molar refractivity (Wildman–Crippen MR) is 124 cm³/mol. The molecular formula is C26H42O2S. The summed E-state index contributed by atoms with van der Waals surface area (Å²) in [7, 11) is -3.12. The molecule has 2 fully saturated rings. The van der Waals surface area contributed by atoms with E-state index in [9.17, 15) is 8.42 Å². The smallest absolute Gasteiger partial charge is 0.159 e. The Bertz CT molecular complexity index is 736. The van der Waals surface area contributed by atoms with Gasteiger partial charge in [-0.15, -0.1) is 0 Å². The van der Waals surface area contributed by atoms with Gasteiger partial charge in [0.1, 0.15) is 0 Å². The Morgan fingerprint density at radius 2 is 1.52 bits per heavy atom. The maximum absolute atomic E-state index is 12.5. The van der Waals surface area contributed by atoms with Gasteiger partial charge in [-0.2, -0.15) is 0 Å². The SMILES string of the molecule is CC1CCC(CCc2ccc(CS(=O)(=O)C(C)(C)C)cc2)C(C2CCCCC2)C1. The van der Waals surface area contributed by atoms with Crippen LogP contribution < -0.4 is 0 Å². The van der Waals surface area contributed by atoms with Gasteiger partial charge in [-0.05, 0) is 81.3 Å². The molecule has 0 bridgehead atoms. The van der Waals surface area contributed by atoms with Gasteiger partial charge in [-0.25, -0.2) is 8.42 Å². The molecule has 3 rings (SSSR count). The third kappa shape index (κ3) is 6.09. The number of aryl methyl sites for hydroxylation is 1. The van der Waals surface area contributed by atoms with E-state index in [1.54, 1.807) is 20.8 Å². The van der Waals surface area contributed by atoms with Crippen molar-refractivity contribution in [3.8, 4) is 0 Å². The van der Waals surface area contributed by atoms with Gasteiger partial charge in [-0.1, -0.05) is 69.7 Å². The van der Waals surface area contributed by atoms with E-state index in [1.807, 2.05) is 12.1 Å². The van der Waals surface area contributed by atoms with Crippen LogP contribution in [-0.4, -0.2) is 13.2 Å². The van der Waals surface area contributed by atoms with Crippen LogP contribution in [0.2, 0.25) is 0 Å². The molecule has 2 saturated carbocycles. The maximum atomic E-state index is 12.5. The van der Waals surface area contributed by atoms with Gasteiger partial charge in [0.2, 0.25) is 0 Å². The number of hydrogen-bond acceptors (Lipinski definition) is 2. The fraction of sp³-hybridized carbons (Fsp3) is 0.769. The van der Waals surface area contributed by atoms with Crippen LogP contribution in [-0.2, 0) is 22.0 Å².